The summed E-state index contributed by atoms with van der Waals surface area (Å²) >= 11 is 10.5. The second-order valence-corrected chi connectivity index (χ2v) is 8.04. The molecule has 1 heterocycles. The Morgan fingerprint density at radius 1 is 1.03 bits per heavy atom. The molecule has 4 amide bonds. The average molecular weight is 462 g/mol. The molecule has 1 saturated heterocycles. The third kappa shape index (κ3) is 6.36. The molecular formula is C21H24ClN5O3S. The summed E-state index contributed by atoms with van der Waals surface area (Å²) in [6.07, 6.45) is 3.43. The number of halogens is 1. The Morgan fingerprint density at radius 2 is 1.71 bits per heavy atom. The molecule has 0 aliphatic carbocycles. The standard InChI is InChI=1S/C21H24ClN5O3S/c22-17-12-15(6-9-18(17)25-19(28)13-26-10-2-1-3-11-26)24-21(30)27(31)16-7-4-14(5-8-16)20(23)29/h4-9,12,31H,1-3,10-11,13H2,(H2,23,29)(H,24,30)(H,25,28). The number of nitrogens with one attached hydrogen (secondary N) is 2. The number of nitrogens with zero attached hydrogens (tertiary/aromatic N) is 2. The Balaban J connectivity index is 1.58. The fraction of sp³-hybridized carbons (Fsp3) is 0.286. The van der Waals surface area contributed by atoms with Crippen molar-refractivity contribution in [3.05, 3.63) is 53.1 Å². The van der Waals surface area contributed by atoms with Crippen LogP contribution in [-0.2, 0) is 4.79 Å². The monoisotopic (exact) mass is 461 g/mol. The van der Waals surface area contributed by atoms with Crippen LogP contribution in [-0.4, -0.2) is 42.4 Å². The molecule has 0 saturated carbocycles. The molecule has 0 unspecified atom stereocenters. The van der Waals surface area contributed by atoms with Gasteiger partial charge >= 0.3 is 6.03 Å². The summed E-state index contributed by atoms with van der Waals surface area (Å²) in [7, 11) is 0. The van der Waals surface area contributed by atoms with Crippen molar-refractivity contribution in [1.82, 2.24) is 4.90 Å². The number of likely N-dealkylation sites (tertiary alicyclic amines) is 1. The van der Waals surface area contributed by atoms with E-state index in [2.05, 4.69) is 28.3 Å². The number of carbonyl (C=O) groups excluding carboxylic acids is 3. The van der Waals surface area contributed by atoms with Crippen LogP contribution in [0.3, 0.4) is 0 Å². The molecule has 0 atom stereocenters. The van der Waals surface area contributed by atoms with Crippen LogP contribution in [0, 0.1) is 0 Å². The Hall–Kier alpha value is -2.75. The number of hydrogen-bond donors (Lipinski definition) is 4. The number of benzene rings is 2. The first-order valence-corrected chi connectivity index (χ1v) is 10.6. The molecule has 0 aromatic heterocycles. The van der Waals surface area contributed by atoms with Gasteiger partial charge in [-0.2, -0.15) is 0 Å². The first kappa shape index (κ1) is 22.9. The predicted molar refractivity (Wildman–Crippen MR) is 126 cm³/mol. The smallest absolute Gasteiger partial charge is 0.336 e. The normalized spacial score (nSPS) is 14.0. The molecule has 2 aromatic carbocycles. The van der Waals surface area contributed by atoms with Gasteiger partial charge in [0.05, 0.1) is 22.9 Å². The number of primary amides is 1. The van der Waals surface area contributed by atoms with Gasteiger partial charge in [0.1, 0.15) is 0 Å². The molecule has 0 radical (unpaired) electrons. The van der Waals surface area contributed by atoms with Crippen LogP contribution in [0.2, 0.25) is 5.02 Å². The lowest BCUT2D eigenvalue weighted by Gasteiger charge is -2.25. The van der Waals surface area contributed by atoms with Gasteiger partial charge in [-0.1, -0.05) is 30.8 Å². The number of nitrogens with two attached hydrogens (primary N) is 1. The first-order valence-electron chi connectivity index (χ1n) is 9.85. The number of thiol groups is 1. The minimum Gasteiger partial charge on any atom is -0.366 e. The van der Waals surface area contributed by atoms with Crippen molar-refractivity contribution in [3.8, 4) is 0 Å². The van der Waals surface area contributed by atoms with Crippen LogP contribution in [0.15, 0.2) is 42.5 Å². The first-order chi connectivity index (χ1) is 14.8. The molecule has 1 aliphatic heterocycles. The molecule has 10 heteroatoms. The van der Waals surface area contributed by atoms with E-state index in [-0.39, 0.29) is 5.91 Å². The van der Waals surface area contributed by atoms with Crippen molar-refractivity contribution in [2.24, 2.45) is 5.73 Å². The zero-order chi connectivity index (χ0) is 22.4. The SMILES string of the molecule is NC(=O)c1ccc(N(S)C(=O)Nc2ccc(NC(=O)CN3CCCCC3)c(Cl)c2)cc1. The molecule has 1 aliphatic rings. The van der Waals surface area contributed by atoms with Gasteiger partial charge in [-0.25, -0.2) is 9.10 Å². The topological polar surface area (TPSA) is 108 Å². The summed E-state index contributed by atoms with van der Waals surface area (Å²) in [6.45, 7) is 2.19. The third-order valence-electron chi connectivity index (χ3n) is 4.90. The van der Waals surface area contributed by atoms with Gasteiger partial charge in [0.25, 0.3) is 0 Å². The second-order valence-electron chi connectivity index (χ2n) is 7.23. The fourth-order valence-corrected chi connectivity index (χ4v) is 3.68. The van der Waals surface area contributed by atoms with E-state index in [1.54, 1.807) is 30.3 Å². The van der Waals surface area contributed by atoms with Crippen molar-refractivity contribution < 1.29 is 14.4 Å². The van der Waals surface area contributed by atoms with Gasteiger partial charge in [-0.3, -0.25) is 14.5 Å². The second kappa shape index (κ2) is 10.5. The number of amides is 4. The summed E-state index contributed by atoms with van der Waals surface area (Å²) in [5.74, 6) is -0.680. The number of anilines is 3. The van der Waals surface area contributed by atoms with Crippen LogP contribution >= 0.6 is 24.4 Å². The van der Waals surface area contributed by atoms with Gasteiger partial charge in [-0.05, 0) is 68.4 Å². The van der Waals surface area contributed by atoms with Crippen LogP contribution in [0.1, 0.15) is 29.6 Å². The van der Waals surface area contributed by atoms with E-state index in [0.29, 0.717) is 34.2 Å². The highest BCUT2D eigenvalue weighted by molar-refractivity contribution is 7.82. The number of rotatable bonds is 6. The van der Waals surface area contributed by atoms with Crippen LogP contribution in [0.5, 0.6) is 0 Å². The van der Waals surface area contributed by atoms with Crippen molar-refractivity contribution in [2.45, 2.75) is 19.3 Å². The van der Waals surface area contributed by atoms with E-state index in [0.717, 1.165) is 30.2 Å². The van der Waals surface area contributed by atoms with Crippen molar-refractivity contribution in [1.29, 1.82) is 0 Å². The van der Waals surface area contributed by atoms with E-state index < -0.39 is 11.9 Å². The Kier molecular flexibility index (Phi) is 7.78. The highest BCUT2D eigenvalue weighted by Gasteiger charge is 2.16. The quantitative estimate of drug-likeness (QED) is 0.491. The minimum absolute atomic E-state index is 0.124. The zero-order valence-corrected chi connectivity index (χ0v) is 18.5. The van der Waals surface area contributed by atoms with E-state index in [1.165, 1.54) is 18.6 Å². The Bertz CT molecular complexity index is 964. The number of carbonyl (C=O) groups is 3. The van der Waals surface area contributed by atoms with Crippen molar-refractivity contribution in [2.75, 3.05) is 34.6 Å². The van der Waals surface area contributed by atoms with E-state index >= 15 is 0 Å². The summed E-state index contributed by atoms with van der Waals surface area (Å²) < 4.78 is 1.09. The maximum Gasteiger partial charge on any atom is 0.336 e. The lowest BCUT2D eigenvalue weighted by atomic mass is 10.1. The Morgan fingerprint density at radius 3 is 2.32 bits per heavy atom. The zero-order valence-electron chi connectivity index (χ0n) is 16.8. The van der Waals surface area contributed by atoms with Crippen molar-refractivity contribution in [3.63, 3.8) is 0 Å². The predicted octanol–water partition coefficient (Wildman–Crippen LogP) is 3.75. The molecule has 8 nitrogen and oxygen atoms in total. The average Bonchev–Trinajstić information content (AvgIpc) is 2.76. The summed E-state index contributed by atoms with van der Waals surface area (Å²) in [5.41, 5.74) is 6.92. The molecule has 4 N–H and O–H groups in total. The van der Waals surface area contributed by atoms with E-state index in [4.69, 9.17) is 17.3 Å². The van der Waals surface area contributed by atoms with Crippen LogP contribution in [0.25, 0.3) is 0 Å². The lowest BCUT2D eigenvalue weighted by molar-refractivity contribution is -0.117. The highest BCUT2D eigenvalue weighted by Crippen LogP contribution is 2.26. The maximum absolute atomic E-state index is 12.5. The molecule has 0 spiro atoms. The van der Waals surface area contributed by atoms with Gasteiger partial charge in [0, 0.05) is 11.3 Å². The lowest BCUT2D eigenvalue weighted by Crippen LogP contribution is -2.36. The van der Waals surface area contributed by atoms with Crippen molar-refractivity contribution >= 4 is 59.3 Å². The number of hydrogen-bond acceptors (Lipinski definition) is 5. The van der Waals surface area contributed by atoms with Gasteiger partial charge < -0.3 is 16.4 Å². The fourth-order valence-electron chi connectivity index (χ4n) is 3.27. The molecular weight excluding hydrogens is 438 g/mol. The molecule has 0 bridgehead atoms. The van der Waals surface area contributed by atoms with Gasteiger partial charge in [-0.15, -0.1) is 0 Å². The third-order valence-corrected chi connectivity index (χ3v) is 5.62. The molecule has 3 rings (SSSR count). The van der Waals surface area contributed by atoms with Gasteiger partial charge in [0.2, 0.25) is 11.8 Å². The molecule has 164 valence electrons. The number of urea groups is 1. The summed E-state index contributed by atoms with van der Waals surface area (Å²) in [6, 6.07) is 10.4. The summed E-state index contributed by atoms with van der Waals surface area (Å²) in [4.78, 5) is 38.0. The van der Waals surface area contributed by atoms with E-state index in [9.17, 15) is 14.4 Å². The molecule has 31 heavy (non-hydrogen) atoms. The van der Waals surface area contributed by atoms with Crippen LogP contribution < -0.4 is 20.7 Å². The largest absolute Gasteiger partial charge is 0.366 e. The summed E-state index contributed by atoms with van der Waals surface area (Å²) in [5, 5.41) is 5.80. The maximum atomic E-state index is 12.5. The van der Waals surface area contributed by atoms with E-state index in [1.807, 2.05) is 0 Å². The van der Waals surface area contributed by atoms with Crippen LogP contribution in [0.4, 0.5) is 21.9 Å². The molecule has 2 aromatic rings. The number of piperidine rings is 1. The highest BCUT2D eigenvalue weighted by atomic mass is 35.5. The Labute approximate surface area is 191 Å². The minimum atomic E-state index is -0.556. The van der Waals surface area contributed by atoms with Gasteiger partial charge in [0.15, 0.2) is 0 Å². The molecule has 1 fully saturated rings.